The minimum absolute atomic E-state index is 0. The van der Waals surface area contributed by atoms with E-state index in [9.17, 15) is 9.59 Å². The van der Waals surface area contributed by atoms with Crippen LogP contribution in [-0.4, -0.2) is 24.0 Å². The van der Waals surface area contributed by atoms with Gasteiger partial charge < -0.3 is 15.8 Å². The smallest absolute Gasteiger partial charge is 0.331 e. The molecule has 0 aliphatic rings. The summed E-state index contributed by atoms with van der Waals surface area (Å²) in [5.74, 6) is -1.19. The van der Waals surface area contributed by atoms with Gasteiger partial charge in [0.2, 0.25) is 5.91 Å². The zero-order valence-corrected chi connectivity index (χ0v) is 14.3. The number of hydrogen-bond donors (Lipinski definition) is 2. The Bertz CT molecular complexity index is 491. The highest BCUT2D eigenvalue weighted by molar-refractivity contribution is 5.88. The topological polar surface area (TPSA) is 81.4 Å². The summed E-state index contributed by atoms with van der Waals surface area (Å²) in [6, 6.07) is 8.98. The molecule has 0 fully saturated rings. The Morgan fingerprint density at radius 1 is 1.27 bits per heavy atom. The normalized spacial score (nSPS) is 13.5. The molecule has 22 heavy (non-hydrogen) atoms. The molecule has 0 saturated heterocycles. The largest absolute Gasteiger partial charge is 0.464 e. The van der Waals surface area contributed by atoms with Crippen molar-refractivity contribution in [2.24, 2.45) is 11.7 Å². The van der Waals surface area contributed by atoms with Gasteiger partial charge in [-0.25, -0.2) is 4.79 Å². The van der Waals surface area contributed by atoms with Crippen LogP contribution in [0.25, 0.3) is 0 Å². The van der Waals surface area contributed by atoms with E-state index in [1.165, 1.54) is 0 Å². The van der Waals surface area contributed by atoms with Gasteiger partial charge in [-0.2, -0.15) is 0 Å². The number of halogens is 1. The summed E-state index contributed by atoms with van der Waals surface area (Å²) in [5, 5.41) is 2.70. The average molecular weight is 329 g/mol. The molecular formula is C16H25ClN2O3. The molecule has 0 aliphatic heterocycles. The number of nitrogens with one attached hydrogen (secondary N) is 1. The lowest BCUT2D eigenvalue weighted by atomic mass is 9.93. The molecule has 1 aromatic carbocycles. The first-order chi connectivity index (χ1) is 9.79. The first-order valence-electron chi connectivity index (χ1n) is 7.09. The van der Waals surface area contributed by atoms with Gasteiger partial charge in [0.1, 0.15) is 5.54 Å². The summed E-state index contributed by atoms with van der Waals surface area (Å²) >= 11 is 0. The van der Waals surface area contributed by atoms with Crippen molar-refractivity contribution in [3.8, 4) is 0 Å². The highest BCUT2D eigenvalue weighted by Crippen LogP contribution is 2.20. The summed E-state index contributed by atoms with van der Waals surface area (Å²) in [4.78, 5) is 24.1. The maximum atomic E-state index is 12.3. The molecule has 2 atom stereocenters. The molecule has 2 unspecified atom stereocenters. The second kappa shape index (κ2) is 8.76. The molecule has 0 aliphatic carbocycles. The molecule has 0 radical (unpaired) electrons. The molecule has 3 N–H and O–H groups in total. The molecule has 0 saturated carbocycles. The van der Waals surface area contributed by atoms with Gasteiger partial charge in [0.15, 0.2) is 0 Å². The molecule has 0 bridgehead atoms. The highest BCUT2D eigenvalue weighted by Gasteiger charge is 2.33. The van der Waals surface area contributed by atoms with Crippen LogP contribution in [0.15, 0.2) is 30.3 Å². The molecule has 5 nitrogen and oxygen atoms in total. The average Bonchev–Trinajstić information content (AvgIpc) is 2.46. The second-order valence-electron chi connectivity index (χ2n) is 5.56. The van der Waals surface area contributed by atoms with Crippen LogP contribution in [0.2, 0.25) is 0 Å². The Morgan fingerprint density at radius 3 is 2.32 bits per heavy atom. The highest BCUT2D eigenvalue weighted by atomic mass is 35.5. The molecule has 1 aromatic rings. The van der Waals surface area contributed by atoms with Crippen molar-refractivity contribution in [3.05, 3.63) is 35.9 Å². The predicted molar refractivity (Wildman–Crippen MR) is 88.6 cm³/mol. The SMILES string of the molecule is CCOC(=O)C(C)(C)NC(=O)C(C)C(N)c1ccccc1.Cl. The number of rotatable bonds is 6. The summed E-state index contributed by atoms with van der Waals surface area (Å²) < 4.78 is 4.95. The van der Waals surface area contributed by atoms with Crippen LogP contribution in [0, 0.1) is 5.92 Å². The van der Waals surface area contributed by atoms with E-state index in [0.29, 0.717) is 0 Å². The first-order valence-corrected chi connectivity index (χ1v) is 7.09. The van der Waals surface area contributed by atoms with Crippen molar-refractivity contribution in [2.75, 3.05) is 6.61 Å². The van der Waals surface area contributed by atoms with E-state index in [1.54, 1.807) is 27.7 Å². The van der Waals surface area contributed by atoms with Crippen molar-refractivity contribution in [1.29, 1.82) is 0 Å². The van der Waals surface area contributed by atoms with E-state index in [4.69, 9.17) is 10.5 Å². The van der Waals surface area contributed by atoms with Crippen LogP contribution in [0.3, 0.4) is 0 Å². The number of esters is 1. The van der Waals surface area contributed by atoms with E-state index in [1.807, 2.05) is 30.3 Å². The molecule has 1 amide bonds. The van der Waals surface area contributed by atoms with Crippen LogP contribution >= 0.6 is 12.4 Å². The van der Waals surface area contributed by atoms with E-state index in [0.717, 1.165) is 5.56 Å². The fourth-order valence-corrected chi connectivity index (χ4v) is 1.91. The number of carbonyl (C=O) groups excluding carboxylic acids is 2. The van der Waals surface area contributed by atoms with Gasteiger partial charge in [-0.1, -0.05) is 37.3 Å². The zero-order chi connectivity index (χ0) is 16.0. The third-order valence-electron chi connectivity index (χ3n) is 3.36. The van der Waals surface area contributed by atoms with E-state index < -0.39 is 23.5 Å². The van der Waals surface area contributed by atoms with Crippen LogP contribution in [0.1, 0.15) is 39.3 Å². The molecule has 124 valence electrons. The molecule has 6 heteroatoms. The Morgan fingerprint density at radius 2 is 1.82 bits per heavy atom. The molecular weight excluding hydrogens is 304 g/mol. The minimum Gasteiger partial charge on any atom is -0.464 e. The maximum Gasteiger partial charge on any atom is 0.331 e. The molecule has 0 heterocycles. The van der Waals surface area contributed by atoms with Crippen LogP contribution < -0.4 is 11.1 Å². The first kappa shape index (κ1) is 20.4. The summed E-state index contributed by atoms with van der Waals surface area (Å²) in [7, 11) is 0. The Kier molecular flexibility index (Phi) is 8.12. The number of carbonyl (C=O) groups is 2. The molecule has 0 aromatic heterocycles. The lowest BCUT2D eigenvalue weighted by Crippen LogP contribution is -2.53. The number of nitrogens with two attached hydrogens (primary N) is 1. The second-order valence-corrected chi connectivity index (χ2v) is 5.56. The van der Waals surface area contributed by atoms with Gasteiger partial charge in [-0.05, 0) is 26.3 Å². The number of hydrogen-bond acceptors (Lipinski definition) is 4. The van der Waals surface area contributed by atoms with E-state index >= 15 is 0 Å². The fraction of sp³-hybridized carbons (Fsp3) is 0.500. The molecule has 0 spiro atoms. The third-order valence-corrected chi connectivity index (χ3v) is 3.36. The van der Waals surface area contributed by atoms with Crippen molar-refractivity contribution in [2.45, 2.75) is 39.3 Å². The zero-order valence-electron chi connectivity index (χ0n) is 13.5. The van der Waals surface area contributed by atoms with Crippen LogP contribution in [0.4, 0.5) is 0 Å². The van der Waals surface area contributed by atoms with Gasteiger partial charge in [0, 0.05) is 6.04 Å². The molecule has 1 rings (SSSR count). The van der Waals surface area contributed by atoms with Crippen molar-refractivity contribution < 1.29 is 14.3 Å². The van der Waals surface area contributed by atoms with Crippen LogP contribution in [-0.2, 0) is 14.3 Å². The van der Waals surface area contributed by atoms with Crippen LogP contribution in [0.5, 0.6) is 0 Å². The lowest BCUT2D eigenvalue weighted by molar-refractivity contribution is -0.152. The van der Waals surface area contributed by atoms with Gasteiger partial charge in [-0.15, -0.1) is 12.4 Å². The minimum atomic E-state index is -1.07. The van der Waals surface area contributed by atoms with Gasteiger partial charge >= 0.3 is 5.97 Å². The maximum absolute atomic E-state index is 12.3. The van der Waals surface area contributed by atoms with Crippen molar-refractivity contribution in [1.82, 2.24) is 5.32 Å². The Hall–Kier alpha value is -1.59. The monoisotopic (exact) mass is 328 g/mol. The van der Waals surface area contributed by atoms with Gasteiger partial charge in [0.25, 0.3) is 0 Å². The summed E-state index contributed by atoms with van der Waals surface area (Å²) in [6.45, 7) is 6.97. The standard InChI is InChI=1S/C16H24N2O3.ClH/c1-5-21-15(20)16(3,4)18-14(19)11(2)13(17)12-9-7-6-8-10-12;/h6-11,13H,5,17H2,1-4H3,(H,18,19);1H. The quantitative estimate of drug-likeness (QED) is 0.784. The van der Waals surface area contributed by atoms with Gasteiger partial charge in [0.05, 0.1) is 12.5 Å². The van der Waals surface area contributed by atoms with E-state index in [-0.39, 0.29) is 24.9 Å². The fourth-order valence-electron chi connectivity index (χ4n) is 1.91. The number of benzene rings is 1. The van der Waals surface area contributed by atoms with Crippen molar-refractivity contribution >= 4 is 24.3 Å². The van der Waals surface area contributed by atoms with Crippen molar-refractivity contribution in [3.63, 3.8) is 0 Å². The Labute approximate surface area is 138 Å². The Balaban J connectivity index is 0.00000441. The predicted octanol–water partition coefficient (Wildman–Crippen LogP) is 2.20. The van der Waals surface area contributed by atoms with Gasteiger partial charge in [-0.3, -0.25) is 4.79 Å². The lowest BCUT2D eigenvalue weighted by Gasteiger charge is -2.27. The summed E-state index contributed by atoms with van der Waals surface area (Å²) in [5.41, 5.74) is 5.93. The number of amides is 1. The van der Waals surface area contributed by atoms with E-state index in [2.05, 4.69) is 5.32 Å². The third kappa shape index (κ3) is 5.31. The summed E-state index contributed by atoms with van der Waals surface area (Å²) in [6.07, 6.45) is 0. The number of ether oxygens (including phenoxy) is 1.